The van der Waals surface area contributed by atoms with E-state index in [1.807, 2.05) is 20.8 Å². The number of hydrogen-bond acceptors (Lipinski definition) is 4. The highest BCUT2D eigenvalue weighted by atomic mass is 32.2. The highest BCUT2D eigenvalue weighted by Gasteiger charge is 2.33. The lowest BCUT2D eigenvalue weighted by molar-refractivity contribution is -0.0104. The largest absolute Gasteiger partial charge is 0.389 e. The monoisotopic (exact) mass is 249 g/mol. The second kappa shape index (κ2) is 5.02. The second-order valence-corrected chi connectivity index (χ2v) is 7.09. The van der Waals surface area contributed by atoms with E-state index in [-0.39, 0.29) is 17.5 Å². The molecule has 0 aromatic heterocycles. The third-order valence-corrected chi connectivity index (χ3v) is 5.42. The predicted molar refractivity (Wildman–Crippen MR) is 65.2 cm³/mol. The standard InChI is InChI=1S/C11H23NO3S/c1-4-11(13,5-2)9-12-6-7-16(14,15)8-10(12)3/h10,13H,4-9H2,1-3H3. The van der Waals surface area contributed by atoms with Gasteiger partial charge in [-0.05, 0) is 19.8 Å². The minimum Gasteiger partial charge on any atom is -0.389 e. The number of nitrogens with zero attached hydrogens (tertiary/aromatic N) is 1. The summed E-state index contributed by atoms with van der Waals surface area (Å²) in [6.07, 6.45) is 1.42. The Balaban J connectivity index is 2.63. The van der Waals surface area contributed by atoms with Crippen LogP contribution in [0.5, 0.6) is 0 Å². The van der Waals surface area contributed by atoms with Gasteiger partial charge in [0.15, 0.2) is 9.84 Å². The van der Waals surface area contributed by atoms with Crippen molar-refractivity contribution < 1.29 is 13.5 Å². The highest BCUT2D eigenvalue weighted by Crippen LogP contribution is 2.20. The first-order chi connectivity index (χ1) is 7.32. The van der Waals surface area contributed by atoms with E-state index in [0.29, 0.717) is 25.9 Å². The lowest BCUT2D eigenvalue weighted by Crippen LogP contribution is -2.52. The number of rotatable bonds is 4. The first-order valence-electron chi connectivity index (χ1n) is 5.99. The van der Waals surface area contributed by atoms with E-state index in [1.165, 1.54) is 0 Å². The van der Waals surface area contributed by atoms with Crippen LogP contribution in [-0.4, -0.2) is 54.7 Å². The van der Waals surface area contributed by atoms with Crippen LogP contribution in [-0.2, 0) is 9.84 Å². The van der Waals surface area contributed by atoms with E-state index in [9.17, 15) is 13.5 Å². The molecule has 1 N–H and O–H groups in total. The quantitative estimate of drug-likeness (QED) is 0.795. The molecule has 1 aliphatic heterocycles. The van der Waals surface area contributed by atoms with Crippen LogP contribution in [0, 0.1) is 0 Å². The van der Waals surface area contributed by atoms with Crippen LogP contribution < -0.4 is 0 Å². The van der Waals surface area contributed by atoms with Crippen molar-refractivity contribution in [2.75, 3.05) is 24.6 Å². The molecule has 1 atom stereocenters. The molecule has 1 fully saturated rings. The fourth-order valence-corrected chi connectivity index (χ4v) is 3.74. The van der Waals surface area contributed by atoms with Crippen molar-refractivity contribution in [3.8, 4) is 0 Å². The van der Waals surface area contributed by atoms with E-state index in [2.05, 4.69) is 4.90 Å². The summed E-state index contributed by atoms with van der Waals surface area (Å²) in [5.41, 5.74) is -0.671. The van der Waals surface area contributed by atoms with Crippen molar-refractivity contribution in [3.63, 3.8) is 0 Å². The van der Waals surface area contributed by atoms with Gasteiger partial charge in [-0.15, -0.1) is 0 Å². The Hall–Kier alpha value is -0.130. The minimum atomic E-state index is -2.86. The van der Waals surface area contributed by atoms with E-state index in [4.69, 9.17) is 0 Å². The highest BCUT2D eigenvalue weighted by molar-refractivity contribution is 7.91. The molecule has 4 nitrogen and oxygen atoms in total. The van der Waals surface area contributed by atoms with E-state index in [1.54, 1.807) is 0 Å². The van der Waals surface area contributed by atoms with Gasteiger partial charge < -0.3 is 5.11 Å². The van der Waals surface area contributed by atoms with Crippen LogP contribution in [0.15, 0.2) is 0 Å². The van der Waals surface area contributed by atoms with Gasteiger partial charge in [0.1, 0.15) is 0 Å². The van der Waals surface area contributed by atoms with Crippen molar-refractivity contribution in [3.05, 3.63) is 0 Å². The van der Waals surface area contributed by atoms with Crippen molar-refractivity contribution in [2.45, 2.75) is 45.3 Å². The first kappa shape index (κ1) is 13.9. The molecular weight excluding hydrogens is 226 g/mol. The van der Waals surface area contributed by atoms with Crippen LogP contribution in [0.3, 0.4) is 0 Å². The molecule has 16 heavy (non-hydrogen) atoms. The van der Waals surface area contributed by atoms with Crippen LogP contribution in [0.1, 0.15) is 33.6 Å². The topological polar surface area (TPSA) is 57.6 Å². The average molecular weight is 249 g/mol. The zero-order valence-electron chi connectivity index (χ0n) is 10.4. The van der Waals surface area contributed by atoms with Gasteiger partial charge in [-0.3, -0.25) is 4.90 Å². The Morgan fingerprint density at radius 1 is 1.38 bits per heavy atom. The van der Waals surface area contributed by atoms with Crippen LogP contribution in [0.25, 0.3) is 0 Å². The number of hydrogen-bond donors (Lipinski definition) is 1. The fraction of sp³-hybridized carbons (Fsp3) is 1.00. The van der Waals surface area contributed by atoms with Gasteiger partial charge in [0.2, 0.25) is 0 Å². The smallest absolute Gasteiger partial charge is 0.153 e. The zero-order valence-corrected chi connectivity index (χ0v) is 11.3. The number of β-amino-alcohol motifs (C(OH)–C–C–N with tert-alkyl or cyclic N) is 1. The van der Waals surface area contributed by atoms with Gasteiger partial charge in [0.25, 0.3) is 0 Å². The Labute approximate surface area is 98.6 Å². The van der Waals surface area contributed by atoms with Gasteiger partial charge >= 0.3 is 0 Å². The predicted octanol–water partition coefficient (Wildman–Crippen LogP) is 0.656. The second-order valence-electron chi connectivity index (χ2n) is 4.87. The van der Waals surface area contributed by atoms with E-state index >= 15 is 0 Å². The maximum atomic E-state index is 11.4. The van der Waals surface area contributed by atoms with Crippen molar-refractivity contribution >= 4 is 9.84 Å². The third kappa shape index (κ3) is 3.43. The Morgan fingerprint density at radius 3 is 2.38 bits per heavy atom. The molecule has 0 saturated carbocycles. The molecule has 0 aliphatic carbocycles. The molecule has 1 unspecified atom stereocenters. The lowest BCUT2D eigenvalue weighted by atomic mass is 9.96. The zero-order chi connectivity index (χ0) is 12.4. The van der Waals surface area contributed by atoms with Crippen molar-refractivity contribution in [1.29, 1.82) is 0 Å². The van der Waals surface area contributed by atoms with Gasteiger partial charge in [0.05, 0.1) is 17.1 Å². The van der Waals surface area contributed by atoms with Crippen LogP contribution >= 0.6 is 0 Å². The van der Waals surface area contributed by atoms with Crippen molar-refractivity contribution in [1.82, 2.24) is 4.90 Å². The summed E-state index contributed by atoms with van der Waals surface area (Å²) in [7, 11) is -2.86. The molecule has 0 aromatic carbocycles. The minimum absolute atomic E-state index is 0.0170. The van der Waals surface area contributed by atoms with Crippen LogP contribution in [0.4, 0.5) is 0 Å². The van der Waals surface area contributed by atoms with E-state index < -0.39 is 15.4 Å². The summed E-state index contributed by atoms with van der Waals surface area (Å²) in [6, 6.07) is 0.0170. The summed E-state index contributed by atoms with van der Waals surface area (Å²) in [5.74, 6) is 0.442. The molecular formula is C11H23NO3S. The lowest BCUT2D eigenvalue weighted by Gasteiger charge is -2.38. The third-order valence-electron chi connectivity index (χ3n) is 3.62. The molecule has 0 spiro atoms. The average Bonchev–Trinajstić information content (AvgIpc) is 2.21. The van der Waals surface area contributed by atoms with Gasteiger partial charge in [0, 0.05) is 19.1 Å². The molecule has 96 valence electrons. The van der Waals surface area contributed by atoms with Gasteiger partial charge in [-0.2, -0.15) is 0 Å². The summed E-state index contributed by atoms with van der Waals surface area (Å²) in [4.78, 5) is 2.09. The number of sulfone groups is 1. The van der Waals surface area contributed by atoms with Gasteiger partial charge in [-0.25, -0.2) is 8.42 Å². The first-order valence-corrected chi connectivity index (χ1v) is 7.81. The van der Waals surface area contributed by atoms with E-state index in [0.717, 1.165) is 0 Å². The molecule has 5 heteroatoms. The molecule has 1 saturated heterocycles. The molecule has 0 amide bonds. The van der Waals surface area contributed by atoms with Crippen LogP contribution in [0.2, 0.25) is 0 Å². The normalized spacial score (nSPS) is 26.9. The Kier molecular flexibility index (Phi) is 4.37. The number of aliphatic hydroxyl groups is 1. The molecule has 1 heterocycles. The SMILES string of the molecule is CCC(O)(CC)CN1CCS(=O)(=O)CC1C. The maximum Gasteiger partial charge on any atom is 0.153 e. The van der Waals surface area contributed by atoms with Crippen molar-refractivity contribution in [2.24, 2.45) is 0 Å². The summed E-state index contributed by atoms with van der Waals surface area (Å²) in [6.45, 7) is 6.98. The summed E-state index contributed by atoms with van der Waals surface area (Å²) in [5, 5.41) is 10.2. The van der Waals surface area contributed by atoms with Gasteiger partial charge in [-0.1, -0.05) is 13.8 Å². The maximum absolute atomic E-state index is 11.4. The fourth-order valence-electron chi connectivity index (χ4n) is 2.12. The Morgan fingerprint density at radius 2 is 1.94 bits per heavy atom. The molecule has 0 radical (unpaired) electrons. The summed E-state index contributed by atoms with van der Waals surface area (Å²) < 4.78 is 22.8. The molecule has 1 aliphatic rings. The molecule has 1 rings (SSSR count). The summed E-state index contributed by atoms with van der Waals surface area (Å²) >= 11 is 0. The molecule has 0 aromatic rings. The molecule has 0 bridgehead atoms. The Bertz CT molecular complexity index is 322.